The molecule has 0 spiro atoms. The van der Waals surface area contributed by atoms with Crippen molar-refractivity contribution in [1.82, 2.24) is 19.7 Å². The van der Waals surface area contributed by atoms with Gasteiger partial charge in [0.2, 0.25) is 5.91 Å². The van der Waals surface area contributed by atoms with Crippen molar-refractivity contribution in [2.75, 3.05) is 13.1 Å². The van der Waals surface area contributed by atoms with Crippen LogP contribution in [0.5, 0.6) is 0 Å². The van der Waals surface area contributed by atoms with Gasteiger partial charge in [-0.05, 0) is 45.2 Å². The van der Waals surface area contributed by atoms with E-state index in [1.807, 2.05) is 43.0 Å². The fraction of sp³-hybridized carbons (Fsp3) is 0.417. The Kier molecular flexibility index (Phi) is 5.86. The number of aromatic nitrogens is 3. The van der Waals surface area contributed by atoms with Crippen LogP contribution in [0, 0.1) is 0 Å². The molecule has 1 aliphatic heterocycles. The van der Waals surface area contributed by atoms with Crippen LogP contribution in [0.2, 0.25) is 5.02 Å². The number of hydrogen-bond donors (Lipinski definition) is 0. The van der Waals surface area contributed by atoms with E-state index in [1.165, 1.54) is 4.88 Å². The number of thiophene rings is 1. The Morgan fingerprint density at radius 1 is 1.19 bits per heavy atom. The van der Waals surface area contributed by atoms with Crippen molar-refractivity contribution in [3.05, 3.63) is 63.0 Å². The van der Waals surface area contributed by atoms with E-state index in [0.717, 1.165) is 59.4 Å². The second-order valence-corrected chi connectivity index (χ2v) is 9.75. The van der Waals surface area contributed by atoms with Gasteiger partial charge < -0.3 is 4.90 Å². The summed E-state index contributed by atoms with van der Waals surface area (Å²) in [6.07, 6.45) is 3.52. The van der Waals surface area contributed by atoms with Gasteiger partial charge in [-0.25, -0.2) is 0 Å². The summed E-state index contributed by atoms with van der Waals surface area (Å²) >= 11 is 8.29. The molecule has 1 aromatic carbocycles. The van der Waals surface area contributed by atoms with Crippen LogP contribution in [0.15, 0.2) is 35.3 Å². The monoisotopic (exact) mass is 467 g/mol. The van der Waals surface area contributed by atoms with E-state index < -0.39 is 0 Å². The molecular formula is C24H26ClN5OS. The molecule has 1 saturated carbocycles. The molecule has 0 saturated heterocycles. The van der Waals surface area contributed by atoms with Gasteiger partial charge >= 0.3 is 0 Å². The lowest BCUT2D eigenvalue weighted by Crippen LogP contribution is -2.30. The molecule has 3 aromatic rings. The summed E-state index contributed by atoms with van der Waals surface area (Å²) in [5.41, 5.74) is 2.86. The van der Waals surface area contributed by atoms with Gasteiger partial charge in [-0.1, -0.05) is 29.8 Å². The van der Waals surface area contributed by atoms with Crippen LogP contribution in [0.25, 0.3) is 5.00 Å². The van der Waals surface area contributed by atoms with Gasteiger partial charge in [0.25, 0.3) is 0 Å². The maximum atomic E-state index is 12.6. The van der Waals surface area contributed by atoms with E-state index >= 15 is 0 Å². The molecule has 5 rings (SSSR count). The fourth-order valence-electron chi connectivity index (χ4n) is 4.23. The number of nitrogens with zero attached hydrogens (tertiary/aromatic N) is 5. The molecular weight excluding hydrogens is 442 g/mol. The number of aliphatic imine (C=N–C) groups is 1. The quantitative estimate of drug-likeness (QED) is 0.490. The largest absolute Gasteiger partial charge is 0.343 e. The molecule has 2 aliphatic rings. The van der Waals surface area contributed by atoms with Crippen molar-refractivity contribution in [2.24, 2.45) is 4.99 Å². The first kappa shape index (κ1) is 21.3. The van der Waals surface area contributed by atoms with E-state index in [4.69, 9.17) is 16.6 Å². The molecule has 166 valence electrons. The number of benzene rings is 1. The minimum Gasteiger partial charge on any atom is -0.343 e. The minimum atomic E-state index is 0.197. The lowest BCUT2D eigenvalue weighted by Gasteiger charge is -2.18. The summed E-state index contributed by atoms with van der Waals surface area (Å²) < 4.78 is 2.21. The third-order valence-corrected chi connectivity index (χ3v) is 7.64. The molecule has 1 amide bonds. The van der Waals surface area contributed by atoms with E-state index in [-0.39, 0.29) is 5.91 Å². The van der Waals surface area contributed by atoms with Crippen LogP contribution in [0.3, 0.4) is 0 Å². The van der Waals surface area contributed by atoms with Crippen LogP contribution in [-0.2, 0) is 17.8 Å². The van der Waals surface area contributed by atoms with Gasteiger partial charge in [0.15, 0.2) is 5.82 Å². The number of carbonyl (C=O) groups excluding carboxylic acids is 1. The second-order valence-electron chi connectivity index (χ2n) is 8.23. The van der Waals surface area contributed by atoms with Crippen molar-refractivity contribution in [3.8, 4) is 5.00 Å². The molecule has 32 heavy (non-hydrogen) atoms. The molecule has 0 atom stereocenters. The first-order chi connectivity index (χ1) is 15.6. The van der Waals surface area contributed by atoms with Crippen molar-refractivity contribution < 1.29 is 4.79 Å². The highest BCUT2D eigenvalue weighted by molar-refractivity contribution is 7.15. The first-order valence-electron chi connectivity index (χ1n) is 11.3. The van der Waals surface area contributed by atoms with Crippen LogP contribution in [-0.4, -0.2) is 44.4 Å². The van der Waals surface area contributed by atoms with Gasteiger partial charge in [-0.3, -0.25) is 14.4 Å². The summed E-state index contributed by atoms with van der Waals surface area (Å²) in [5.74, 6) is 2.57. The third kappa shape index (κ3) is 3.88. The maximum absolute atomic E-state index is 12.6. The number of halogens is 1. The highest BCUT2D eigenvalue weighted by Gasteiger charge is 2.34. The lowest BCUT2D eigenvalue weighted by atomic mass is 10.0. The summed E-state index contributed by atoms with van der Waals surface area (Å²) in [7, 11) is 0. The molecule has 1 fully saturated rings. The maximum Gasteiger partial charge on any atom is 0.222 e. The zero-order chi connectivity index (χ0) is 22.2. The molecule has 6 nitrogen and oxygen atoms in total. The zero-order valence-electron chi connectivity index (χ0n) is 18.3. The Balaban J connectivity index is 1.56. The van der Waals surface area contributed by atoms with Crippen molar-refractivity contribution >= 4 is 34.6 Å². The third-order valence-electron chi connectivity index (χ3n) is 6.13. The Morgan fingerprint density at radius 2 is 1.97 bits per heavy atom. The molecule has 2 aromatic heterocycles. The first-order valence-corrected chi connectivity index (χ1v) is 12.4. The van der Waals surface area contributed by atoms with Gasteiger partial charge in [0.1, 0.15) is 17.4 Å². The standard InChI is InChI=1S/C24H26ClN5OS/c1-3-29(4-2)21(31)12-11-16-13-18-22(17-7-5-6-8-19(17)25)26-14-20-27-28-23(15-9-10-15)30(20)24(18)32-16/h5-8,13,15H,3-4,9-12,14H2,1-2H3. The van der Waals surface area contributed by atoms with E-state index in [2.05, 4.69) is 20.8 Å². The van der Waals surface area contributed by atoms with E-state index in [1.54, 1.807) is 11.3 Å². The average Bonchev–Trinajstić information content (AvgIpc) is 3.46. The van der Waals surface area contributed by atoms with Gasteiger partial charge in [-0.2, -0.15) is 0 Å². The Morgan fingerprint density at radius 3 is 2.69 bits per heavy atom. The van der Waals surface area contributed by atoms with Gasteiger partial charge in [0, 0.05) is 46.5 Å². The molecule has 0 unspecified atom stereocenters. The Bertz CT molecular complexity index is 1190. The van der Waals surface area contributed by atoms with Crippen molar-refractivity contribution in [1.29, 1.82) is 0 Å². The lowest BCUT2D eigenvalue weighted by molar-refractivity contribution is -0.130. The number of amides is 1. The number of carbonyl (C=O) groups is 1. The fourth-order valence-corrected chi connectivity index (χ4v) is 5.64. The highest BCUT2D eigenvalue weighted by Crippen LogP contribution is 2.43. The predicted molar refractivity (Wildman–Crippen MR) is 128 cm³/mol. The predicted octanol–water partition coefficient (Wildman–Crippen LogP) is 5.01. The number of hydrogen-bond acceptors (Lipinski definition) is 5. The smallest absolute Gasteiger partial charge is 0.222 e. The Labute approximate surface area is 197 Å². The van der Waals surface area contributed by atoms with Crippen molar-refractivity contribution in [2.45, 2.75) is 52.0 Å². The molecule has 8 heteroatoms. The average molecular weight is 468 g/mol. The van der Waals surface area contributed by atoms with E-state index in [0.29, 0.717) is 30.3 Å². The van der Waals surface area contributed by atoms with E-state index in [9.17, 15) is 4.79 Å². The normalized spacial score (nSPS) is 15.0. The topological polar surface area (TPSA) is 63.4 Å². The minimum absolute atomic E-state index is 0.197. The molecule has 3 heterocycles. The molecule has 0 bridgehead atoms. The summed E-state index contributed by atoms with van der Waals surface area (Å²) in [6.45, 7) is 6.00. The summed E-state index contributed by atoms with van der Waals surface area (Å²) in [5, 5.41) is 10.8. The molecule has 0 N–H and O–H groups in total. The zero-order valence-corrected chi connectivity index (χ0v) is 19.9. The van der Waals surface area contributed by atoms with Crippen molar-refractivity contribution in [3.63, 3.8) is 0 Å². The van der Waals surface area contributed by atoms with Crippen LogP contribution in [0.1, 0.15) is 66.7 Å². The molecule has 0 radical (unpaired) electrons. The van der Waals surface area contributed by atoms with Crippen LogP contribution < -0.4 is 0 Å². The summed E-state index contributed by atoms with van der Waals surface area (Å²) in [6, 6.07) is 10.0. The Hall–Kier alpha value is -2.51. The number of fused-ring (bicyclic) bond motifs is 3. The number of rotatable bonds is 7. The second kappa shape index (κ2) is 8.79. The SMILES string of the molecule is CCN(CC)C(=O)CCc1cc2c(s1)-n1c(nnc1C1CC1)CN=C2c1ccccc1Cl. The number of aryl methyl sites for hydroxylation is 1. The summed E-state index contributed by atoms with van der Waals surface area (Å²) in [4.78, 5) is 20.6. The molecule has 1 aliphatic carbocycles. The highest BCUT2D eigenvalue weighted by atomic mass is 35.5. The van der Waals surface area contributed by atoms with Crippen LogP contribution >= 0.6 is 22.9 Å². The van der Waals surface area contributed by atoms with Gasteiger partial charge in [0.05, 0.1) is 5.71 Å². The van der Waals surface area contributed by atoms with Crippen LogP contribution in [0.4, 0.5) is 0 Å². The van der Waals surface area contributed by atoms with Gasteiger partial charge in [-0.15, -0.1) is 21.5 Å².